The highest BCUT2D eigenvalue weighted by atomic mass is 35.5. The topological polar surface area (TPSA) is 65.1 Å². The molecule has 1 aromatic heterocycles. The van der Waals surface area contributed by atoms with Gasteiger partial charge in [0.25, 0.3) is 5.91 Å². The van der Waals surface area contributed by atoms with Crippen LogP contribution >= 0.6 is 11.6 Å². The molecule has 106 valence electrons. The van der Waals surface area contributed by atoms with Crippen molar-refractivity contribution >= 4 is 17.5 Å². The van der Waals surface area contributed by atoms with Gasteiger partial charge in [-0.25, -0.2) is 0 Å². The Hall–Kier alpha value is -1.78. The average molecular weight is 293 g/mol. The second-order valence-corrected chi connectivity index (χ2v) is 5.16. The first-order chi connectivity index (χ1) is 9.49. The fraction of sp³-hybridized carbons (Fsp3) is 0.267. The summed E-state index contributed by atoms with van der Waals surface area (Å²) in [6.45, 7) is 3.87. The summed E-state index contributed by atoms with van der Waals surface area (Å²) in [6, 6.07) is 8.94. The van der Waals surface area contributed by atoms with Gasteiger partial charge < -0.3 is 15.4 Å². The number of hydrogen-bond acceptors (Lipinski definition) is 2. The number of amides is 1. The molecule has 0 aliphatic heterocycles. The summed E-state index contributed by atoms with van der Waals surface area (Å²) in [4.78, 5) is 15.0. The lowest BCUT2D eigenvalue weighted by molar-refractivity contribution is 0.0911. The minimum Gasteiger partial charge on any atom is -0.387 e. The Morgan fingerprint density at radius 2 is 2.10 bits per heavy atom. The number of benzene rings is 1. The van der Waals surface area contributed by atoms with E-state index in [1.807, 2.05) is 19.9 Å². The summed E-state index contributed by atoms with van der Waals surface area (Å²) in [5, 5.41) is 13.2. The lowest BCUT2D eigenvalue weighted by atomic mass is 10.1. The molecule has 0 saturated carbocycles. The molecule has 0 spiro atoms. The molecule has 0 bridgehead atoms. The SMILES string of the molecule is Cc1cc(C)c(C(=O)NCC(O)c2ccccc2Cl)[nH]1. The molecule has 0 saturated heterocycles. The molecule has 3 N–H and O–H groups in total. The molecule has 4 nitrogen and oxygen atoms in total. The minimum atomic E-state index is -0.830. The van der Waals surface area contributed by atoms with E-state index in [1.165, 1.54) is 0 Å². The second kappa shape index (κ2) is 6.11. The molecule has 0 radical (unpaired) electrons. The van der Waals surface area contributed by atoms with Crippen LogP contribution in [0.2, 0.25) is 5.02 Å². The summed E-state index contributed by atoms with van der Waals surface area (Å²) in [5.41, 5.74) is 2.94. The van der Waals surface area contributed by atoms with Gasteiger partial charge in [0, 0.05) is 22.8 Å². The normalized spacial score (nSPS) is 12.2. The van der Waals surface area contributed by atoms with Crippen LogP contribution in [0.3, 0.4) is 0 Å². The molecule has 20 heavy (non-hydrogen) atoms. The van der Waals surface area contributed by atoms with Gasteiger partial charge in [-0.1, -0.05) is 29.8 Å². The largest absolute Gasteiger partial charge is 0.387 e. The van der Waals surface area contributed by atoms with E-state index in [0.717, 1.165) is 11.3 Å². The third-order valence-electron chi connectivity index (χ3n) is 3.10. The molecule has 1 atom stereocenters. The number of rotatable bonds is 4. The lowest BCUT2D eigenvalue weighted by Crippen LogP contribution is -2.29. The van der Waals surface area contributed by atoms with Crippen LogP contribution in [0, 0.1) is 13.8 Å². The van der Waals surface area contributed by atoms with Crippen LogP contribution in [-0.4, -0.2) is 22.5 Å². The van der Waals surface area contributed by atoms with Gasteiger partial charge in [-0.3, -0.25) is 4.79 Å². The zero-order valence-corrected chi connectivity index (χ0v) is 12.2. The Kier molecular flexibility index (Phi) is 4.47. The Morgan fingerprint density at radius 3 is 2.70 bits per heavy atom. The maximum absolute atomic E-state index is 12.0. The molecule has 1 unspecified atom stereocenters. The fourth-order valence-corrected chi connectivity index (χ4v) is 2.36. The summed E-state index contributed by atoms with van der Waals surface area (Å²) in [7, 11) is 0. The number of hydrogen-bond donors (Lipinski definition) is 3. The summed E-state index contributed by atoms with van der Waals surface area (Å²) < 4.78 is 0. The molecule has 0 fully saturated rings. The number of aliphatic hydroxyl groups excluding tert-OH is 1. The summed E-state index contributed by atoms with van der Waals surface area (Å²) >= 11 is 6.00. The van der Waals surface area contributed by atoms with E-state index in [0.29, 0.717) is 16.3 Å². The number of carbonyl (C=O) groups excluding carboxylic acids is 1. The number of aromatic nitrogens is 1. The molecular formula is C15H17ClN2O2. The zero-order valence-electron chi connectivity index (χ0n) is 11.4. The van der Waals surface area contributed by atoms with Crippen LogP contribution in [0.4, 0.5) is 0 Å². The van der Waals surface area contributed by atoms with Crippen molar-refractivity contribution in [2.75, 3.05) is 6.54 Å². The molecular weight excluding hydrogens is 276 g/mol. The van der Waals surface area contributed by atoms with Crippen LogP contribution in [0.15, 0.2) is 30.3 Å². The number of carbonyl (C=O) groups is 1. The number of halogens is 1. The van der Waals surface area contributed by atoms with Crippen molar-refractivity contribution < 1.29 is 9.90 Å². The predicted molar refractivity (Wildman–Crippen MR) is 79.0 cm³/mol. The van der Waals surface area contributed by atoms with Crippen LogP contribution < -0.4 is 5.32 Å². The molecule has 1 aromatic carbocycles. The second-order valence-electron chi connectivity index (χ2n) is 4.76. The zero-order chi connectivity index (χ0) is 14.7. The molecule has 5 heteroatoms. The number of aryl methyl sites for hydroxylation is 2. The van der Waals surface area contributed by atoms with Gasteiger partial charge in [0.2, 0.25) is 0 Å². The first-order valence-corrected chi connectivity index (χ1v) is 6.73. The molecule has 0 aliphatic carbocycles. The number of aromatic amines is 1. The van der Waals surface area contributed by atoms with Crippen molar-refractivity contribution in [3.05, 3.63) is 57.9 Å². The first-order valence-electron chi connectivity index (χ1n) is 6.36. The molecule has 1 heterocycles. The monoisotopic (exact) mass is 292 g/mol. The highest BCUT2D eigenvalue weighted by Gasteiger charge is 2.15. The molecule has 0 aliphatic rings. The van der Waals surface area contributed by atoms with Gasteiger partial charge in [-0.15, -0.1) is 0 Å². The van der Waals surface area contributed by atoms with Crippen molar-refractivity contribution in [1.82, 2.24) is 10.3 Å². The molecule has 2 aromatic rings. The van der Waals surface area contributed by atoms with Crippen LogP contribution in [-0.2, 0) is 0 Å². The van der Waals surface area contributed by atoms with Crippen molar-refractivity contribution in [2.24, 2.45) is 0 Å². The van der Waals surface area contributed by atoms with E-state index < -0.39 is 6.10 Å². The van der Waals surface area contributed by atoms with Crippen LogP contribution in [0.5, 0.6) is 0 Å². The van der Waals surface area contributed by atoms with Crippen molar-refractivity contribution in [2.45, 2.75) is 20.0 Å². The smallest absolute Gasteiger partial charge is 0.268 e. The highest BCUT2D eigenvalue weighted by Crippen LogP contribution is 2.22. The van der Waals surface area contributed by atoms with Crippen LogP contribution in [0.1, 0.15) is 33.4 Å². The van der Waals surface area contributed by atoms with E-state index in [9.17, 15) is 9.90 Å². The quantitative estimate of drug-likeness (QED) is 0.811. The Balaban J connectivity index is 2.00. The van der Waals surface area contributed by atoms with Gasteiger partial charge >= 0.3 is 0 Å². The average Bonchev–Trinajstić information content (AvgIpc) is 2.75. The highest BCUT2D eigenvalue weighted by molar-refractivity contribution is 6.31. The summed E-state index contributed by atoms with van der Waals surface area (Å²) in [6.07, 6.45) is -0.830. The van der Waals surface area contributed by atoms with E-state index in [1.54, 1.807) is 24.3 Å². The third kappa shape index (κ3) is 3.21. The van der Waals surface area contributed by atoms with Crippen molar-refractivity contribution in [3.8, 4) is 0 Å². The fourth-order valence-electron chi connectivity index (χ4n) is 2.10. The van der Waals surface area contributed by atoms with Gasteiger partial charge in [0.05, 0.1) is 6.10 Å². The number of H-pyrrole nitrogens is 1. The van der Waals surface area contributed by atoms with Crippen LogP contribution in [0.25, 0.3) is 0 Å². The van der Waals surface area contributed by atoms with Crippen molar-refractivity contribution in [3.63, 3.8) is 0 Å². The minimum absolute atomic E-state index is 0.111. The maximum Gasteiger partial charge on any atom is 0.268 e. The molecule has 1 amide bonds. The van der Waals surface area contributed by atoms with Gasteiger partial charge in [0.15, 0.2) is 0 Å². The maximum atomic E-state index is 12.0. The first kappa shape index (κ1) is 14.6. The number of nitrogens with one attached hydrogen (secondary N) is 2. The predicted octanol–water partition coefficient (Wildman–Crippen LogP) is 2.75. The Morgan fingerprint density at radius 1 is 1.40 bits per heavy atom. The summed E-state index contributed by atoms with van der Waals surface area (Å²) in [5.74, 6) is -0.235. The standard InChI is InChI=1S/C15H17ClN2O2/c1-9-7-10(2)18-14(9)15(20)17-8-13(19)11-5-3-4-6-12(11)16/h3-7,13,18-19H,8H2,1-2H3,(H,17,20). The van der Waals surface area contributed by atoms with Gasteiger partial charge in [0.1, 0.15) is 5.69 Å². The van der Waals surface area contributed by atoms with Gasteiger partial charge in [-0.05, 0) is 31.5 Å². The Bertz CT molecular complexity index is 622. The van der Waals surface area contributed by atoms with E-state index in [2.05, 4.69) is 10.3 Å². The Labute approximate surface area is 122 Å². The van der Waals surface area contributed by atoms with E-state index >= 15 is 0 Å². The van der Waals surface area contributed by atoms with Crippen molar-refractivity contribution in [1.29, 1.82) is 0 Å². The van der Waals surface area contributed by atoms with E-state index in [-0.39, 0.29) is 12.5 Å². The third-order valence-corrected chi connectivity index (χ3v) is 3.44. The van der Waals surface area contributed by atoms with E-state index in [4.69, 9.17) is 11.6 Å². The molecule has 2 rings (SSSR count). The lowest BCUT2D eigenvalue weighted by Gasteiger charge is -2.13. The number of aliphatic hydroxyl groups is 1. The van der Waals surface area contributed by atoms with Gasteiger partial charge in [-0.2, -0.15) is 0 Å².